The van der Waals surface area contributed by atoms with Gasteiger partial charge >= 0.3 is 0 Å². The number of halogens is 2. The summed E-state index contributed by atoms with van der Waals surface area (Å²) in [7, 11) is 3.20. The fourth-order valence-corrected chi connectivity index (χ4v) is 10.6. The van der Waals surface area contributed by atoms with E-state index in [0.717, 1.165) is 69.9 Å². The molecule has 4 fully saturated rings. The molecule has 64 heavy (non-hydrogen) atoms. The number of imidazole rings is 2. The van der Waals surface area contributed by atoms with Crippen LogP contribution in [0.3, 0.4) is 0 Å². The van der Waals surface area contributed by atoms with E-state index < -0.39 is 0 Å². The average molecular weight is 886 g/mol. The molecule has 6 heterocycles. The Hall–Kier alpha value is -6.94. The number of nitrogens with one attached hydrogen (secondary N) is 2. The number of nitrogens with zero attached hydrogens (tertiary/aromatic N) is 6. The molecule has 4 aromatic heterocycles. The highest BCUT2D eigenvalue weighted by molar-refractivity contribution is 6.31. The monoisotopic (exact) mass is 884 g/mol. The molecule has 2 aliphatic carbocycles. The molecule has 316 valence electrons. The zero-order chi connectivity index (χ0) is 43.4. The minimum atomic E-state index is -0.226. The van der Waals surface area contributed by atoms with Gasteiger partial charge in [0.05, 0.1) is 44.4 Å². The minimum absolute atomic E-state index is 0.135. The predicted octanol–water partition coefficient (Wildman–Crippen LogP) is 9.72. The number of likely N-dealkylation sites (tertiary alicyclic amines) is 2. The molecular weight excluding hydrogens is 848 g/mol. The van der Waals surface area contributed by atoms with Gasteiger partial charge in [-0.15, -0.1) is 0 Å². The minimum Gasteiger partial charge on any atom is -0.496 e. The summed E-state index contributed by atoms with van der Waals surface area (Å²) >= 11 is 12.9. The lowest BCUT2D eigenvalue weighted by Crippen LogP contribution is -2.34. The van der Waals surface area contributed by atoms with Crippen LogP contribution in [-0.2, 0) is 0 Å². The summed E-state index contributed by atoms with van der Waals surface area (Å²) in [5.74, 6) is 9.82. The molecule has 14 heteroatoms. The number of H-pyrrole nitrogens is 2. The summed E-state index contributed by atoms with van der Waals surface area (Å²) in [6.45, 7) is 0. The lowest BCUT2D eigenvalue weighted by atomic mass is 10.0. The fourth-order valence-electron chi connectivity index (χ4n) is 10.2. The molecule has 0 radical (unpaired) electrons. The number of aromatic nitrogens is 6. The predicted molar refractivity (Wildman–Crippen MR) is 244 cm³/mol. The lowest BCUT2D eigenvalue weighted by Gasteiger charge is -2.26. The Bertz CT molecular complexity index is 3340. The van der Waals surface area contributed by atoms with Crippen molar-refractivity contribution in [1.82, 2.24) is 39.7 Å². The highest BCUT2D eigenvalue weighted by Crippen LogP contribution is 2.55. The molecule has 4 aromatic carbocycles. The maximum atomic E-state index is 14.3. The number of pyridine rings is 2. The zero-order valence-electron chi connectivity index (χ0n) is 34.6. The van der Waals surface area contributed by atoms with Crippen molar-refractivity contribution in [2.45, 2.75) is 49.9 Å². The van der Waals surface area contributed by atoms with Gasteiger partial charge in [0.15, 0.2) is 0 Å². The van der Waals surface area contributed by atoms with E-state index in [1.807, 2.05) is 58.5 Å². The van der Waals surface area contributed by atoms with Gasteiger partial charge in [-0.1, -0.05) is 71.6 Å². The van der Waals surface area contributed by atoms with E-state index in [-0.39, 0.29) is 46.3 Å². The molecule has 2 saturated carbocycles. The van der Waals surface area contributed by atoms with E-state index in [1.165, 1.54) is 0 Å². The second-order valence-corrected chi connectivity index (χ2v) is 17.9. The van der Waals surface area contributed by atoms with E-state index in [4.69, 9.17) is 42.6 Å². The van der Waals surface area contributed by atoms with Crippen LogP contribution in [0.5, 0.6) is 11.5 Å². The third-order valence-corrected chi connectivity index (χ3v) is 13.8. The van der Waals surface area contributed by atoms with E-state index in [1.54, 1.807) is 32.5 Å². The number of benzene rings is 4. The van der Waals surface area contributed by atoms with E-state index in [2.05, 4.69) is 62.1 Å². The number of amides is 2. The molecule has 1 unspecified atom stereocenters. The summed E-state index contributed by atoms with van der Waals surface area (Å²) in [4.78, 5) is 57.9. The second kappa shape index (κ2) is 14.8. The molecule has 2 aliphatic heterocycles. The lowest BCUT2D eigenvalue weighted by molar-refractivity contribution is 0.0681. The maximum Gasteiger partial charge on any atom is 0.274 e. The quantitative estimate of drug-likeness (QED) is 0.119. The topological polar surface area (TPSA) is 142 Å². The Morgan fingerprint density at radius 1 is 0.641 bits per heavy atom. The van der Waals surface area contributed by atoms with Crippen LogP contribution in [0, 0.1) is 23.7 Å². The standard InChI is InChI=1S/C50H38Cl2N8O4/c1-63-41-7-3-5-32-34(41)21-43(51)57-45(32)49(61)59-37-17-29(37)19-39(59)47-53-23-31(55-47)14-10-25-9-11-27-16-28(13-12-26(27)15-25)36-24-54-48(56-36)40-20-30-18-38(30)60(40)50(62)46-33-6-4-8-42(64-2)35(33)22-44(52)58-46/h3-9,11-13,15-16,21-24,29-30,37-40H,17-20H2,1-2H3,(H,53,55)(H,54,56)/t29-,30?,37-,38-,39+,40+/m1/s1. The largest absolute Gasteiger partial charge is 0.496 e. The van der Waals surface area contributed by atoms with Gasteiger partial charge in [0.25, 0.3) is 11.8 Å². The summed E-state index contributed by atoms with van der Waals surface area (Å²) in [5.41, 5.74) is 4.02. The molecule has 12 nitrogen and oxygen atoms in total. The average Bonchev–Trinajstić information content (AvgIpc) is 3.91. The van der Waals surface area contributed by atoms with Crippen molar-refractivity contribution in [2.75, 3.05) is 14.2 Å². The number of hydrogen-bond donors (Lipinski definition) is 2. The number of fused-ring (bicyclic) bond motifs is 5. The van der Waals surface area contributed by atoms with Gasteiger partial charge in [0, 0.05) is 44.8 Å². The zero-order valence-corrected chi connectivity index (χ0v) is 36.1. The Balaban J connectivity index is 0.761. The molecule has 0 spiro atoms. The number of carbonyl (C=O) groups is 2. The number of ether oxygens (including phenoxy) is 2. The molecule has 8 aromatic rings. The molecule has 6 atom stereocenters. The first-order chi connectivity index (χ1) is 31.2. The van der Waals surface area contributed by atoms with Gasteiger partial charge in [-0.3, -0.25) is 9.59 Å². The Morgan fingerprint density at radius 3 is 1.81 bits per heavy atom. The van der Waals surface area contributed by atoms with Crippen molar-refractivity contribution in [3.05, 3.63) is 142 Å². The first-order valence-corrected chi connectivity index (χ1v) is 22.1. The van der Waals surface area contributed by atoms with Gasteiger partial charge < -0.3 is 29.2 Å². The third-order valence-electron chi connectivity index (χ3n) is 13.4. The van der Waals surface area contributed by atoms with Gasteiger partial charge in [-0.05, 0) is 96.7 Å². The number of carbonyl (C=O) groups excluding carboxylic acids is 2. The summed E-state index contributed by atoms with van der Waals surface area (Å²) in [6.07, 6.45) is 7.16. The van der Waals surface area contributed by atoms with Crippen LogP contribution in [0.4, 0.5) is 0 Å². The number of aromatic amines is 2. The van der Waals surface area contributed by atoms with Crippen molar-refractivity contribution in [1.29, 1.82) is 0 Å². The molecule has 4 aliphatic rings. The fraction of sp³-hybridized carbons (Fsp3) is 0.240. The third kappa shape index (κ3) is 6.44. The van der Waals surface area contributed by atoms with Crippen molar-refractivity contribution >= 4 is 67.3 Å². The van der Waals surface area contributed by atoms with Crippen LogP contribution < -0.4 is 9.47 Å². The van der Waals surface area contributed by atoms with E-state index in [0.29, 0.717) is 57.0 Å². The Morgan fingerprint density at radius 2 is 1.20 bits per heavy atom. The van der Waals surface area contributed by atoms with Crippen molar-refractivity contribution in [3.8, 4) is 34.6 Å². The number of rotatable bonds is 7. The van der Waals surface area contributed by atoms with Gasteiger partial charge in [-0.25, -0.2) is 19.9 Å². The number of piperidine rings is 2. The normalized spacial score (nSPS) is 21.8. The molecule has 2 saturated heterocycles. The molecule has 12 rings (SSSR count). The number of hydrogen-bond acceptors (Lipinski definition) is 8. The van der Waals surface area contributed by atoms with Gasteiger partial charge in [0.2, 0.25) is 0 Å². The highest BCUT2D eigenvalue weighted by Gasteiger charge is 2.56. The van der Waals surface area contributed by atoms with Crippen LogP contribution in [-0.4, -0.2) is 77.8 Å². The molecular formula is C50H38Cl2N8O4. The van der Waals surface area contributed by atoms with Crippen LogP contribution >= 0.6 is 23.2 Å². The number of methoxy groups -OCH3 is 2. The summed E-state index contributed by atoms with van der Waals surface area (Å²) in [6, 6.07) is 26.9. The Kier molecular flexibility index (Phi) is 8.97. The van der Waals surface area contributed by atoms with E-state index in [9.17, 15) is 9.59 Å². The van der Waals surface area contributed by atoms with E-state index >= 15 is 0 Å². The molecule has 0 bridgehead atoms. The molecule has 2 amide bonds. The van der Waals surface area contributed by atoms with Gasteiger partial charge in [0.1, 0.15) is 50.5 Å². The van der Waals surface area contributed by atoms with Crippen molar-refractivity contribution in [2.24, 2.45) is 11.8 Å². The first-order valence-electron chi connectivity index (χ1n) is 21.3. The van der Waals surface area contributed by atoms with Crippen LogP contribution in [0.25, 0.3) is 43.6 Å². The molecule has 2 N–H and O–H groups in total. The first kappa shape index (κ1) is 38.7. The summed E-state index contributed by atoms with van der Waals surface area (Å²) < 4.78 is 11.1. The smallest absolute Gasteiger partial charge is 0.274 e. The Labute approximate surface area is 376 Å². The van der Waals surface area contributed by atoms with Crippen LogP contribution in [0.15, 0.2) is 97.3 Å². The van der Waals surface area contributed by atoms with Gasteiger partial charge in [-0.2, -0.15) is 0 Å². The SMILES string of the molecule is COc1cccc2c(C(=O)N3[C@@H]4CC4C[C@H]3c3ncc(-c4ccc5cc(C#Cc6cnc([C@@H]7C[C@H]8C[C@H]8N7C(=O)c7nc(Cl)cc8c(OC)cccc78)[nH]6)ccc5c4)[nH]3)nc(Cl)cc12. The van der Waals surface area contributed by atoms with Crippen molar-refractivity contribution in [3.63, 3.8) is 0 Å². The highest BCUT2D eigenvalue weighted by atomic mass is 35.5. The second-order valence-electron chi connectivity index (χ2n) is 17.1. The van der Waals surface area contributed by atoms with Crippen LogP contribution in [0.1, 0.15) is 81.7 Å². The summed E-state index contributed by atoms with van der Waals surface area (Å²) in [5, 5.41) is 5.49. The van der Waals surface area contributed by atoms with Crippen LogP contribution in [0.2, 0.25) is 10.3 Å². The van der Waals surface area contributed by atoms with Crippen molar-refractivity contribution < 1.29 is 19.1 Å². The maximum absolute atomic E-state index is 14.3.